The number of halogens is 2. The summed E-state index contributed by atoms with van der Waals surface area (Å²) in [6.45, 7) is 3.48. The van der Waals surface area contributed by atoms with E-state index >= 15 is 0 Å². The van der Waals surface area contributed by atoms with Crippen molar-refractivity contribution in [3.05, 3.63) is 28.2 Å². The first kappa shape index (κ1) is 12.0. The molecule has 0 spiro atoms. The number of piperazine rings is 1. The first-order chi connectivity index (χ1) is 7.70. The summed E-state index contributed by atoms with van der Waals surface area (Å²) in [7, 11) is 0. The second-order valence-electron chi connectivity index (χ2n) is 3.93. The number of anilines is 1. The summed E-state index contributed by atoms with van der Waals surface area (Å²) in [6.07, 6.45) is 0. The maximum atomic E-state index is 6.00. The SMILES string of the molecule is NCC1CN(c2ccc(Cl)c(Cl)c2)CCN1. The van der Waals surface area contributed by atoms with Crippen molar-refractivity contribution in [1.29, 1.82) is 0 Å². The van der Waals surface area contributed by atoms with E-state index < -0.39 is 0 Å². The van der Waals surface area contributed by atoms with E-state index in [4.69, 9.17) is 28.9 Å². The highest BCUT2D eigenvalue weighted by Gasteiger charge is 2.18. The fourth-order valence-corrected chi connectivity index (χ4v) is 2.19. The summed E-state index contributed by atoms with van der Waals surface area (Å²) in [6, 6.07) is 6.08. The zero-order valence-corrected chi connectivity index (χ0v) is 10.4. The lowest BCUT2D eigenvalue weighted by molar-refractivity contribution is 0.463. The first-order valence-corrected chi connectivity index (χ1v) is 6.09. The van der Waals surface area contributed by atoms with E-state index in [1.807, 2.05) is 18.2 Å². The van der Waals surface area contributed by atoms with Gasteiger partial charge in [0.15, 0.2) is 0 Å². The summed E-state index contributed by atoms with van der Waals surface area (Å²) in [5.74, 6) is 0. The van der Waals surface area contributed by atoms with Gasteiger partial charge in [0.2, 0.25) is 0 Å². The molecule has 3 N–H and O–H groups in total. The minimum atomic E-state index is 0.350. The van der Waals surface area contributed by atoms with Crippen LogP contribution in [0.15, 0.2) is 18.2 Å². The van der Waals surface area contributed by atoms with Crippen molar-refractivity contribution in [3.8, 4) is 0 Å². The Bertz CT molecular complexity index is 370. The predicted octanol–water partition coefficient (Wildman–Crippen LogP) is 1.73. The van der Waals surface area contributed by atoms with Gasteiger partial charge in [0, 0.05) is 37.9 Å². The molecule has 1 unspecified atom stereocenters. The molecule has 0 aliphatic carbocycles. The number of benzene rings is 1. The van der Waals surface area contributed by atoms with Gasteiger partial charge in [-0.15, -0.1) is 0 Å². The molecule has 0 amide bonds. The van der Waals surface area contributed by atoms with Gasteiger partial charge in [0.05, 0.1) is 10.0 Å². The van der Waals surface area contributed by atoms with Crippen LogP contribution in [0.25, 0.3) is 0 Å². The maximum Gasteiger partial charge on any atom is 0.0612 e. The topological polar surface area (TPSA) is 41.3 Å². The molecule has 16 heavy (non-hydrogen) atoms. The summed E-state index contributed by atoms with van der Waals surface area (Å²) in [5.41, 5.74) is 6.77. The second kappa shape index (κ2) is 5.23. The van der Waals surface area contributed by atoms with Gasteiger partial charge in [-0.05, 0) is 18.2 Å². The van der Waals surface area contributed by atoms with Gasteiger partial charge in [-0.3, -0.25) is 0 Å². The first-order valence-electron chi connectivity index (χ1n) is 5.34. The molecule has 1 saturated heterocycles. The van der Waals surface area contributed by atoms with Crippen LogP contribution in [0.5, 0.6) is 0 Å². The second-order valence-corrected chi connectivity index (χ2v) is 4.75. The van der Waals surface area contributed by atoms with E-state index in [1.54, 1.807) is 0 Å². The van der Waals surface area contributed by atoms with E-state index in [9.17, 15) is 0 Å². The molecule has 3 nitrogen and oxygen atoms in total. The summed E-state index contributed by atoms with van der Waals surface area (Å²) in [5, 5.41) is 4.56. The number of hydrogen-bond acceptors (Lipinski definition) is 3. The fraction of sp³-hybridized carbons (Fsp3) is 0.455. The maximum absolute atomic E-state index is 6.00. The third-order valence-corrected chi connectivity index (χ3v) is 3.55. The zero-order chi connectivity index (χ0) is 11.5. The molecule has 0 bridgehead atoms. The monoisotopic (exact) mass is 259 g/mol. The molecule has 88 valence electrons. The van der Waals surface area contributed by atoms with Gasteiger partial charge >= 0.3 is 0 Å². The Morgan fingerprint density at radius 2 is 2.19 bits per heavy atom. The van der Waals surface area contributed by atoms with Crippen LogP contribution >= 0.6 is 23.2 Å². The van der Waals surface area contributed by atoms with Crippen molar-refractivity contribution in [2.24, 2.45) is 5.73 Å². The van der Waals surface area contributed by atoms with Gasteiger partial charge in [-0.2, -0.15) is 0 Å². The van der Waals surface area contributed by atoms with Gasteiger partial charge in [-0.25, -0.2) is 0 Å². The molecule has 5 heteroatoms. The lowest BCUT2D eigenvalue weighted by Gasteiger charge is -2.34. The predicted molar refractivity (Wildman–Crippen MR) is 69.5 cm³/mol. The minimum absolute atomic E-state index is 0.350. The Labute approximate surface area is 106 Å². The Hall–Kier alpha value is -0.480. The van der Waals surface area contributed by atoms with E-state index in [-0.39, 0.29) is 0 Å². The molecule has 1 fully saturated rings. The molecular weight excluding hydrogens is 245 g/mol. The van der Waals surface area contributed by atoms with E-state index in [2.05, 4.69) is 10.2 Å². The molecule has 0 saturated carbocycles. The van der Waals surface area contributed by atoms with E-state index in [0.29, 0.717) is 22.6 Å². The highest BCUT2D eigenvalue weighted by molar-refractivity contribution is 6.42. The molecule has 1 aliphatic heterocycles. The van der Waals surface area contributed by atoms with Crippen LogP contribution in [0.3, 0.4) is 0 Å². The largest absolute Gasteiger partial charge is 0.369 e. The molecule has 1 atom stereocenters. The van der Waals surface area contributed by atoms with Crippen molar-refractivity contribution < 1.29 is 0 Å². The fourth-order valence-electron chi connectivity index (χ4n) is 1.90. The van der Waals surface area contributed by atoms with Crippen LogP contribution in [-0.4, -0.2) is 32.2 Å². The van der Waals surface area contributed by atoms with Gasteiger partial charge < -0.3 is 16.0 Å². The van der Waals surface area contributed by atoms with Crippen LogP contribution in [0.1, 0.15) is 0 Å². The number of nitrogens with two attached hydrogens (primary N) is 1. The van der Waals surface area contributed by atoms with Crippen LogP contribution in [0.4, 0.5) is 5.69 Å². The van der Waals surface area contributed by atoms with Crippen molar-refractivity contribution in [2.75, 3.05) is 31.1 Å². The average molecular weight is 260 g/mol. The van der Waals surface area contributed by atoms with Gasteiger partial charge in [0.1, 0.15) is 0 Å². The molecule has 1 aliphatic rings. The minimum Gasteiger partial charge on any atom is -0.369 e. The lowest BCUT2D eigenvalue weighted by Crippen LogP contribution is -2.53. The highest BCUT2D eigenvalue weighted by Crippen LogP contribution is 2.27. The van der Waals surface area contributed by atoms with Gasteiger partial charge in [0.25, 0.3) is 0 Å². The number of nitrogens with zero attached hydrogens (tertiary/aromatic N) is 1. The summed E-state index contributed by atoms with van der Waals surface area (Å²) < 4.78 is 0. The van der Waals surface area contributed by atoms with Crippen molar-refractivity contribution in [1.82, 2.24) is 5.32 Å². The van der Waals surface area contributed by atoms with Crippen LogP contribution in [0.2, 0.25) is 10.0 Å². The summed E-state index contributed by atoms with van der Waals surface area (Å²) >= 11 is 11.9. The Balaban J connectivity index is 2.13. The molecule has 1 aromatic carbocycles. The van der Waals surface area contributed by atoms with Crippen LogP contribution < -0.4 is 16.0 Å². The molecule has 1 aromatic rings. The Morgan fingerprint density at radius 1 is 1.38 bits per heavy atom. The van der Waals surface area contributed by atoms with Crippen LogP contribution in [-0.2, 0) is 0 Å². The van der Waals surface area contributed by atoms with Crippen molar-refractivity contribution in [2.45, 2.75) is 6.04 Å². The molecule has 0 aromatic heterocycles. The lowest BCUT2D eigenvalue weighted by atomic mass is 10.2. The van der Waals surface area contributed by atoms with Gasteiger partial charge in [-0.1, -0.05) is 23.2 Å². The van der Waals surface area contributed by atoms with E-state index in [0.717, 1.165) is 25.3 Å². The number of nitrogens with one attached hydrogen (secondary N) is 1. The number of hydrogen-bond donors (Lipinski definition) is 2. The average Bonchev–Trinajstić information content (AvgIpc) is 2.33. The molecule has 2 rings (SSSR count). The van der Waals surface area contributed by atoms with Crippen molar-refractivity contribution in [3.63, 3.8) is 0 Å². The Morgan fingerprint density at radius 3 is 2.88 bits per heavy atom. The standard InChI is InChI=1S/C11H15Cl2N3/c12-10-2-1-9(5-11(10)13)16-4-3-15-8(6-14)7-16/h1-2,5,8,15H,3-4,6-7,14H2. The smallest absolute Gasteiger partial charge is 0.0612 e. The zero-order valence-electron chi connectivity index (χ0n) is 8.92. The third-order valence-electron chi connectivity index (χ3n) is 2.81. The van der Waals surface area contributed by atoms with E-state index in [1.165, 1.54) is 0 Å². The van der Waals surface area contributed by atoms with Crippen LogP contribution in [0, 0.1) is 0 Å². The Kier molecular flexibility index (Phi) is 3.92. The summed E-state index contributed by atoms with van der Waals surface area (Å²) in [4.78, 5) is 2.27. The molecular formula is C11H15Cl2N3. The molecule has 0 radical (unpaired) electrons. The normalized spacial score (nSPS) is 21.2. The molecule has 1 heterocycles. The third kappa shape index (κ3) is 2.61. The quantitative estimate of drug-likeness (QED) is 0.850. The number of rotatable bonds is 2. The highest BCUT2D eigenvalue weighted by atomic mass is 35.5. The van der Waals surface area contributed by atoms with Crippen molar-refractivity contribution >= 4 is 28.9 Å².